The molecule has 2 aliphatic heterocycles. The van der Waals surface area contributed by atoms with E-state index in [0.717, 1.165) is 51.7 Å². The number of Topliss-reactive ketones (excluding diaryl/α,β-unsaturated/α-hetero) is 1. The maximum atomic E-state index is 14.8. The number of H-pyrrole nitrogens is 1. The lowest BCUT2D eigenvalue weighted by molar-refractivity contribution is 0.0696. The number of ketones is 1. The van der Waals surface area contributed by atoms with Gasteiger partial charge in [-0.2, -0.15) is 0 Å². The van der Waals surface area contributed by atoms with Gasteiger partial charge in [-0.05, 0) is 81.6 Å². The van der Waals surface area contributed by atoms with Crippen LogP contribution in [0.1, 0.15) is 53.0 Å². The first-order valence-corrected chi connectivity index (χ1v) is 12.1. The van der Waals surface area contributed by atoms with Gasteiger partial charge in [0.2, 0.25) is 0 Å². The van der Waals surface area contributed by atoms with Crippen LogP contribution < -0.4 is 0 Å². The molecule has 5 rings (SSSR count). The van der Waals surface area contributed by atoms with E-state index in [4.69, 9.17) is 0 Å². The van der Waals surface area contributed by atoms with Crippen LogP contribution in [0.5, 0.6) is 0 Å². The van der Waals surface area contributed by atoms with Crippen LogP contribution in [0.15, 0.2) is 48.5 Å². The number of hydrogen-bond donors (Lipinski definition) is 1. The number of halogens is 2. The van der Waals surface area contributed by atoms with Gasteiger partial charge >= 0.3 is 0 Å². The third kappa shape index (κ3) is 4.49. The summed E-state index contributed by atoms with van der Waals surface area (Å²) in [5.41, 5.74) is 1.26. The van der Waals surface area contributed by atoms with Crippen molar-refractivity contribution >= 4 is 22.6 Å². The topological polar surface area (TPSA) is 56.4 Å². The van der Waals surface area contributed by atoms with Crippen molar-refractivity contribution in [2.45, 2.75) is 38.1 Å². The van der Waals surface area contributed by atoms with E-state index in [-0.39, 0.29) is 35.2 Å². The Morgan fingerprint density at radius 1 is 0.941 bits per heavy atom. The fourth-order valence-corrected chi connectivity index (χ4v) is 5.40. The Balaban J connectivity index is 1.15. The maximum Gasteiger partial charge on any atom is 0.273 e. The number of aromatic nitrogens is 1. The summed E-state index contributed by atoms with van der Waals surface area (Å²) in [5.74, 6) is -1.01. The highest BCUT2D eigenvalue weighted by Crippen LogP contribution is 2.28. The Morgan fingerprint density at radius 3 is 2.41 bits per heavy atom. The molecule has 1 aromatic heterocycles. The number of piperidine rings is 1. The van der Waals surface area contributed by atoms with E-state index in [2.05, 4.69) is 9.88 Å². The van der Waals surface area contributed by atoms with Crippen molar-refractivity contribution in [2.75, 3.05) is 26.2 Å². The van der Waals surface area contributed by atoms with Crippen molar-refractivity contribution < 1.29 is 18.4 Å². The molecule has 34 heavy (non-hydrogen) atoms. The highest BCUT2D eigenvalue weighted by atomic mass is 19.1. The molecule has 3 heterocycles. The van der Waals surface area contributed by atoms with E-state index in [1.165, 1.54) is 12.1 Å². The number of nitrogens with one attached hydrogen (secondary N) is 1. The van der Waals surface area contributed by atoms with E-state index in [1.807, 2.05) is 11.0 Å². The van der Waals surface area contributed by atoms with Crippen LogP contribution in [0.2, 0.25) is 0 Å². The lowest BCUT2D eigenvalue weighted by atomic mass is 9.88. The largest absolute Gasteiger partial charge is 0.348 e. The molecule has 0 aliphatic carbocycles. The van der Waals surface area contributed by atoms with Crippen LogP contribution in [0.25, 0.3) is 10.9 Å². The number of carbonyl (C=O) groups is 2. The number of benzene rings is 2. The van der Waals surface area contributed by atoms with Crippen LogP contribution >= 0.6 is 0 Å². The molecule has 1 amide bonds. The number of fused-ring (bicyclic) bond motifs is 1. The van der Waals surface area contributed by atoms with Crippen LogP contribution in [-0.4, -0.2) is 58.7 Å². The summed E-state index contributed by atoms with van der Waals surface area (Å²) in [4.78, 5) is 33.0. The van der Waals surface area contributed by atoms with Crippen molar-refractivity contribution in [1.82, 2.24) is 14.8 Å². The van der Waals surface area contributed by atoms with Gasteiger partial charge in [0.15, 0.2) is 11.6 Å². The van der Waals surface area contributed by atoms with Crippen molar-refractivity contribution in [1.29, 1.82) is 0 Å². The third-order valence-corrected chi connectivity index (χ3v) is 7.36. The first kappa shape index (κ1) is 22.7. The van der Waals surface area contributed by atoms with Gasteiger partial charge in [0.05, 0.1) is 0 Å². The number of likely N-dealkylation sites (tertiary alicyclic amines) is 2. The Hall–Kier alpha value is -3.06. The number of hydrogen-bond acceptors (Lipinski definition) is 3. The SMILES string of the molecule is O=C(c1ccc(F)cc1)C1CCN(CCC2CCCN2C(=O)c2[nH]c3ccccc3c2F)CC1. The fraction of sp³-hybridized carbons (Fsp3) is 0.407. The standard InChI is InChI=1S/C27H29F2N3O2/c28-20-9-7-18(8-10-20)26(33)19-11-15-31(16-12-19)17-13-21-4-3-14-32(21)27(34)25-24(29)22-5-1-2-6-23(22)30-25/h1-2,5-10,19,21,30H,3-4,11-17H2. The summed E-state index contributed by atoms with van der Waals surface area (Å²) >= 11 is 0. The minimum Gasteiger partial charge on any atom is -0.348 e. The number of nitrogens with zero attached hydrogens (tertiary/aromatic N) is 2. The third-order valence-electron chi connectivity index (χ3n) is 7.36. The summed E-state index contributed by atoms with van der Waals surface area (Å²) < 4.78 is 28.0. The maximum absolute atomic E-state index is 14.8. The summed E-state index contributed by atoms with van der Waals surface area (Å²) in [6, 6.07) is 12.9. The van der Waals surface area contributed by atoms with Crippen molar-refractivity contribution in [3.63, 3.8) is 0 Å². The van der Waals surface area contributed by atoms with E-state index < -0.39 is 5.82 Å². The summed E-state index contributed by atoms with van der Waals surface area (Å²) in [7, 11) is 0. The molecular weight excluding hydrogens is 436 g/mol. The Morgan fingerprint density at radius 2 is 1.68 bits per heavy atom. The molecule has 1 unspecified atom stereocenters. The normalized spacial score (nSPS) is 19.7. The van der Waals surface area contributed by atoms with Gasteiger partial charge in [-0.3, -0.25) is 9.59 Å². The van der Waals surface area contributed by atoms with E-state index in [1.54, 1.807) is 30.3 Å². The predicted octanol–water partition coefficient (Wildman–Crippen LogP) is 5.04. The van der Waals surface area contributed by atoms with Crippen molar-refractivity contribution in [2.24, 2.45) is 5.92 Å². The molecule has 2 aliphatic rings. The predicted molar refractivity (Wildman–Crippen MR) is 127 cm³/mol. The quantitative estimate of drug-likeness (QED) is 0.519. The second-order valence-electron chi connectivity index (χ2n) is 9.43. The zero-order valence-electron chi connectivity index (χ0n) is 19.1. The summed E-state index contributed by atoms with van der Waals surface area (Å²) in [6.45, 7) is 3.15. The number of para-hydroxylation sites is 1. The first-order valence-electron chi connectivity index (χ1n) is 12.1. The van der Waals surface area contributed by atoms with Gasteiger partial charge in [-0.15, -0.1) is 0 Å². The monoisotopic (exact) mass is 465 g/mol. The van der Waals surface area contributed by atoms with Gasteiger partial charge in [-0.1, -0.05) is 12.1 Å². The molecule has 178 valence electrons. The van der Waals surface area contributed by atoms with Crippen LogP contribution in [-0.2, 0) is 0 Å². The number of aromatic amines is 1. The zero-order chi connectivity index (χ0) is 23.7. The first-order chi connectivity index (χ1) is 16.5. The molecule has 3 aromatic rings. The molecule has 7 heteroatoms. The molecule has 5 nitrogen and oxygen atoms in total. The van der Waals surface area contributed by atoms with Gasteiger partial charge in [0.25, 0.3) is 5.91 Å². The van der Waals surface area contributed by atoms with E-state index in [0.29, 0.717) is 23.0 Å². The van der Waals surface area contributed by atoms with Crippen molar-refractivity contribution in [3.8, 4) is 0 Å². The Kier molecular flexibility index (Phi) is 6.46. The second kappa shape index (κ2) is 9.66. The van der Waals surface area contributed by atoms with Crippen LogP contribution in [0, 0.1) is 17.6 Å². The van der Waals surface area contributed by atoms with Gasteiger partial charge < -0.3 is 14.8 Å². The van der Waals surface area contributed by atoms with Gasteiger partial charge in [0.1, 0.15) is 11.5 Å². The Labute approximate surface area is 197 Å². The number of rotatable bonds is 6. The van der Waals surface area contributed by atoms with Gasteiger partial charge in [0, 0.05) is 41.5 Å². The fourth-order valence-electron chi connectivity index (χ4n) is 5.40. The smallest absolute Gasteiger partial charge is 0.273 e. The molecule has 0 bridgehead atoms. The highest BCUT2D eigenvalue weighted by Gasteiger charge is 2.33. The lowest BCUT2D eigenvalue weighted by Gasteiger charge is -2.33. The second-order valence-corrected chi connectivity index (χ2v) is 9.43. The van der Waals surface area contributed by atoms with Crippen LogP contribution in [0.3, 0.4) is 0 Å². The average Bonchev–Trinajstić information content (AvgIpc) is 3.47. The molecule has 0 radical (unpaired) electrons. The van der Waals surface area contributed by atoms with E-state index >= 15 is 0 Å². The summed E-state index contributed by atoms with van der Waals surface area (Å²) in [6.07, 6.45) is 4.25. The minimum absolute atomic E-state index is 0.0312. The molecule has 1 N–H and O–H groups in total. The van der Waals surface area contributed by atoms with Crippen molar-refractivity contribution in [3.05, 3.63) is 71.4 Å². The highest BCUT2D eigenvalue weighted by molar-refractivity contribution is 5.99. The van der Waals surface area contributed by atoms with E-state index in [9.17, 15) is 18.4 Å². The number of amides is 1. The molecule has 0 saturated carbocycles. The molecule has 1 atom stereocenters. The minimum atomic E-state index is -0.473. The molecule has 2 fully saturated rings. The molecule has 0 spiro atoms. The molecule has 2 aromatic carbocycles. The molecule has 2 saturated heterocycles. The molecular formula is C27H29F2N3O2. The summed E-state index contributed by atoms with van der Waals surface area (Å²) in [5, 5.41) is 0.444. The lowest BCUT2D eigenvalue weighted by Crippen LogP contribution is -2.41. The number of carbonyl (C=O) groups excluding carboxylic acids is 2. The Bertz CT molecular complexity index is 1180. The zero-order valence-corrected chi connectivity index (χ0v) is 19.1. The van der Waals surface area contributed by atoms with Crippen LogP contribution in [0.4, 0.5) is 8.78 Å². The average molecular weight is 466 g/mol. The van der Waals surface area contributed by atoms with Gasteiger partial charge in [-0.25, -0.2) is 8.78 Å².